The molecule has 0 atom stereocenters. The second-order valence-electron chi connectivity index (χ2n) is 3.42. The zero-order chi connectivity index (χ0) is 12.3. The molecule has 0 unspecified atom stereocenters. The molecule has 88 valence electrons. The Hall–Kier alpha value is -1.39. The monoisotopic (exact) mass is 269 g/mol. The van der Waals surface area contributed by atoms with Gasteiger partial charge in [-0.1, -0.05) is 29.3 Å². The number of aryl methyl sites for hydroxylation is 2. The maximum absolute atomic E-state index is 11.7. The molecule has 0 spiro atoms. The fraction of sp³-hybridized carbons (Fsp3) is 0.182. The van der Waals surface area contributed by atoms with E-state index in [9.17, 15) is 4.79 Å². The molecule has 6 heteroatoms. The first-order valence-electron chi connectivity index (χ1n) is 4.99. The molecule has 0 aliphatic carbocycles. The lowest BCUT2D eigenvalue weighted by atomic mass is 10.3. The summed E-state index contributed by atoms with van der Waals surface area (Å²) in [6.07, 6.45) is 3.74. The summed E-state index contributed by atoms with van der Waals surface area (Å²) in [6.45, 7) is 0.472. The molecule has 2 aromatic heterocycles. The third-order valence-corrected chi connectivity index (χ3v) is 3.00. The van der Waals surface area contributed by atoms with Crippen LogP contribution in [0.4, 0.5) is 0 Å². The predicted octanol–water partition coefficient (Wildman–Crippen LogP) is 2.19. The lowest BCUT2D eigenvalue weighted by Crippen LogP contribution is -2.22. The SMILES string of the molecule is O=c1c(Cl)c(Cl)ncn1CCc1ccccn1. The lowest BCUT2D eigenvalue weighted by Gasteiger charge is -2.05. The number of rotatable bonds is 3. The van der Waals surface area contributed by atoms with E-state index >= 15 is 0 Å². The minimum absolute atomic E-state index is 0.0331. The van der Waals surface area contributed by atoms with Gasteiger partial charge in [0.05, 0.1) is 6.33 Å². The van der Waals surface area contributed by atoms with Gasteiger partial charge in [0.1, 0.15) is 5.02 Å². The molecular formula is C11H9Cl2N3O. The Balaban J connectivity index is 2.16. The summed E-state index contributed by atoms with van der Waals surface area (Å²) in [7, 11) is 0. The van der Waals surface area contributed by atoms with E-state index in [1.54, 1.807) is 6.20 Å². The highest BCUT2D eigenvalue weighted by Gasteiger charge is 2.07. The Morgan fingerprint density at radius 3 is 2.76 bits per heavy atom. The average molecular weight is 270 g/mol. The smallest absolute Gasteiger partial charge is 0.273 e. The van der Waals surface area contributed by atoms with Gasteiger partial charge in [-0.15, -0.1) is 0 Å². The van der Waals surface area contributed by atoms with Crippen LogP contribution in [0.2, 0.25) is 10.2 Å². The molecule has 0 saturated heterocycles. The summed E-state index contributed by atoms with van der Waals surface area (Å²) in [5, 5.41) is -0.0130. The van der Waals surface area contributed by atoms with E-state index in [0.29, 0.717) is 13.0 Å². The quantitative estimate of drug-likeness (QED) is 0.803. The first-order valence-corrected chi connectivity index (χ1v) is 5.74. The van der Waals surface area contributed by atoms with E-state index in [1.165, 1.54) is 10.9 Å². The van der Waals surface area contributed by atoms with Crippen molar-refractivity contribution in [1.29, 1.82) is 0 Å². The molecular weight excluding hydrogens is 261 g/mol. The third-order valence-electron chi connectivity index (χ3n) is 2.28. The molecule has 0 amide bonds. The summed E-state index contributed by atoms with van der Waals surface area (Å²) in [4.78, 5) is 19.7. The maximum atomic E-state index is 11.7. The van der Waals surface area contributed by atoms with Crippen molar-refractivity contribution >= 4 is 23.2 Å². The van der Waals surface area contributed by atoms with Crippen LogP contribution in [-0.4, -0.2) is 14.5 Å². The van der Waals surface area contributed by atoms with Crippen LogP contribution in [-0.2, 0) is 13.0 Å². The molecule has 0 aliphatic rings. The minimum atomic E-state index is -0.331. The van der Waals surface area contributed by atoms with Crippen molar-refractivity contribution in [2.24, 2.45) is 0 Å². The van der Waals surface area contributed by atoms with Crippen LogP contribution < -0.4 is 5.56 Å². The van der Waals surface area contributed by atoms with Crippen LogP contribution >= 0.6 is 23.2 Å². The Morgan fingerprint density at radius 1 is 1.24 bits per heavy atom. The maximum Gasteiger partial charge on any atom is 0.273 e. The Labute approximate surface area is 108 Å². The number of aromatic nitrogens is 3. The molecule has 0 fully saturated rings. The van der Waals surface area contributed by atoms with Gasteiger partial charge in [-0.25, -0.2) is 4.98 Å². The predicted molar refractivity (Wildman–Crippen MR) is 66.5 cm³/mol. The zero-order valence-corrected chi connectivity index (χ0v) is 10.3. The summed E-state index contributed by atoms with van der Waals surface area (Å²) in [5.74, 6) is 0. The van der Waals surface area contributed by atoms with Crippen molar-refractivity contribution in [2.45, 2.75) is 13.0 Å². The van der Waals surface area contributed by atoms with Gasteiger partial charge in [0.25, 0.3) is 5.56 Å². The number of hydrogen-bond donors (Lipinski definition) is 0. The van der Waals surface area contributed by atoms with E-state index < -0.39 is 0 Å². The fourth-order valence-electron chi connectivity index (χ4n) is 1.38. The highest BCUT2D eigenvalue weighted by Crippen LogP contribution is 2.12. The zero-order valence-electron chi connectivity index (χ0n) is 8.81. The van der Waals surface area contributed by atoms with E-state index in [-0.39, 0.29) is 15.7 Å². The molecule has 17 heavy (non-hydrogen) atoms. The molecule has 0 saturated carbocycles. The van der Waals surface area contributed by atoms with E-state index in [4.69, 9.17) is 23.2 Å². The van der Waals surface area contributed by atoms with Gasteiger partial charge in [0.2, 0.25) is 0 Å². The standard InChI is InChI=1S/C11H9Cl2N3O/c12-9-10(13)15-7-16(11(9)17)6-4-8-3-1-2-5-14-8/h1-3,5,7H,4,6H2. The molecule has 0 aromatic carbocycles. The van der Waals surface area contributed by atoms with Crippen molar-refractivity contribution < 1.29 is 0 Å². The second-order valence-corrected chi connectivity index (χ2v) is 4.15. The largest absolute Gasteiger partial charge is 0.298 e. The molecule has 2 aromatic rings. The molecule has 2 heterocycles. The van der Waals surface area contributed by atoms with Crippen molar-refractivity contribution in [3.8, 4) is 0 Å². The first kappa shape index (κ1) is 12.1. The summed E-state index contributed by atoms with van der Waals surface area (Å²) >= 11 is 11.4. The number of nitrogens with zero attached hydrogens (tertiary/aromatic N) is 3. The van der Waals surface area contributed by atoms with Gasteiger partial charge in [-0.05, 0) is 12.1 Å². The topological polar surface area (TPSA) is 47.8 Å². The first-order chi connectivity index (χ1) is 8.18. The van der Waals surface area contributed by atoms with Crippen LogP contribution in [0, 0.1) is 0 Å². The fourth-order valence-corrected chi connectivity index (χ4v) is 1.67. The molecule has 2 rings (SSSR count). The Morgan fingerprint density at radius 2 is 2.06 bits per heavy atom. The Bertz CT molecular complexity index is 569. The molecule has 0 bridgehead atoms. The van der Waals surface area contributed by atoms with Crippen LogP contribution in [0.5, 0.6) is 0 Å². The average Bonchev–Trinajstić information content (AvgIpc) is 2.36. The van der Waals surface area contributed by atoms with Gasteiger partial charge < -0.3 is 0 Å². The van der Waals surface area contributed by atoms with Gasteiger partial charge >= 0.3 is 0 Å². The van der Waals surface area contributed by atoms with Crippen LogP contribution in [0.3, 0.4) is 0 Å². The van der Waals surface area contributed by atoms with E-state index in [2.05, 4.69) is 9.97 Å². The van der Waals surface area contributed by atoms with E-state index in [1.807, 2.05) is 18.2 Å². The van der Waals surface area contributed by atoms with Crippen LogP contribution in [0.15, 0.2) is 35.5 Å². The molecule has 4 nitrogen and oxygen atoms in total. The molecule has 0 N–H and O–H groups in total. The number of halogens is 2. The summed E-state index contributed by atoms with van der Waals surface area (Å²) in [5.41, 5.74) is 0.577. The van der Waals surface area contributed by atoms with Crippen LogP contribution in [0.25, 0.3) is 0 Å². The normalized spacial score (nSPS) is 10.5. The van der Waals surface area contributed by atoms with Crippen molar-refractivity contribution in [3.63, 3.8) is 0 Å². The number of hydrogen-bond acceptors (Lipinski definition) is 3. The van der Waals surface area contributed by atoms with Gasteiger partial charge in [0, 0.05) is 24.9 Å². The second kappa shape index (κ2) is 5.29. The van der Waals surface area contributed by atoms with Crippen molar-refractivity contribution in [3.05, 3.63) is 56.9 Å². The van der Waals surface area contributed by atoms with Crippen molar-refractivity contribution in [2.75, 3.05) is 0 Å². The van der Waals surface area contributed by atoms with E-state index in [0.717, 1.165) is 5.69 Å². The number of pyridine rings is 1. The van der Waals surface area contributed by atoms with Gasteiger partial charge in [0.15, 0.2) is 5.15 Å². The molecule has 0 radical (unpaired) electrons. The summed E-state index contributed by atoms with van der Waals surface area (Å²) < 4.78 is 1.42. The van der Waals surface area contributed by atoms with Crippen molar-refractivity contribution in [1.82, 2.24) is 14.5 Å². The third kappa shape index (κ3) is 2.84. The Kier molecular flexibility index (Phi) is 3.76. The summed E-state index contributed by atoms with van der Waals surface area (Å²) in [6, 6.07) is 5.64. The van der Waals surface area contributed by atoms with Gasteiger partial charge in [-0.2, -0.15) is 0 Å². The molecule has 0 aliphatic heterocycles. The lowest BCUT2D eigenvalue weighted by molar-refractivity contribution is 0.647. The van der Waals surface area contributed by atoms with Crippen LogP contribution in [0.1, 0.15) is 5.69 Å². The minimum Gasteiger partial charge on any atom is -0.298 e. The van der Waals surface area contributed by atoms with Gasteiger partial charge in [-0.3, -0.25) is 14.3 Å². The highest BCUT2D eigenvalue weighted by molar-refractivity contribution is 6.40. The highest BCUT2D eigenvalue weighted by atomic mass is 35.5.